The number of carbonyl (C=O) groups excluding carboxylic acids is 1. The minimum atomic E-state index is -0.471. The van der Waals surface area contributed by atoms with E-state index < -0.39 is 5.54 Å². The summed E-state index contributed by atoms with van der Waals surface area (Å²) >= 11 is 0. The van der Waals surface area contributed by atoms with Crippen LogP contribution < -0.4 is 11.1 Å². The van der Waals surface area contributed by atoms with Crippen LogP contribution in [0, 0.1) is 5.92 Å². The topological polar surface area (TPSA) is 94.0 Å². The molecule has 1 unspecified atom stereocenters. The number of nitrogens with zero attached hydrogens (tertiary/aromatic N) is 2. The zero-order valence-corrected chi connectivity index (χ0v) is 15.7. The van der Waals surface area contributed by atoms with E-state index in [1.807, 2.05) is 26.8 Å². The molecule has 0 radical (unpaired) electrons. The van der Waals surface area contributed by atoms with E-state index in [-0.39, 0.29) is 17.7 Å². The Bertz CT molecular complexity index is 792. The summed E-state index contributed by atoms with van der Waals surface area (Å²) in [6.45, 7) is 10.5. The molecule has 1 aliphatic carbocycles. The van der Waals surface area contributed by atoms with E-state index in [4.69, 9.17) is 10.3 Å². The van der Waals surface area contributed by atoms with Crippen molar-refractivity contribution < 1.29 is 9.32 Å². The number of pyridine rings is 1. The van der Waals surface area contributed by atoms with Gasteiger partial charge in [-0.1, -0.05) is 32.9 Å². The van der Waals surface area contributed by atoms with Crippen LogP contribution in [0.3, 0.4) is 0 Å². The third kappa shape index (κ3) is 3.27. The van der Waals surface area contributed by atoms with Crippen LogP contribution in [0.2, 0.25) is 0 Å². The molecule has 0 spiro atoms. The SMILES string of the molecule is CC(C)c1noc2nc(C3CC3)cc(C(=O)NC(C)(CN)C(C)C)c12. The van der Waals surface area contributed by atoms with E-state index in [0.717, 1.165) is 29.6 Å². The van der Waals surface area contributed by atoms with Crippen molar-refractivity contribution in [2.45, 2.75) is 64.8 Å². The lowest BCUT2D eigenvalue weighted by atomic mass is 9.88. The van der Waals surface area contributed by atoms with Crippen molar-refractivity contribution in [2.24, 2.45) is 11.7 Å². The number of nitrogens with one attached hydrogen (secondary N) is 1. The van der Waals surface area contributed by atoms with Crippen molar-refractivity contribution in [3.63, 3.8) is 0 Å². The molecular formula is C19H28N4O2. The van der Waals surface area contributed by atoms with Gasteiger partial charge in [0, 0.05) is 18.2 Å². The maximum atomic E-state index is 13.1. The molecule has 2 aromatic rings. The maximum Gasteiger partial charge on any atom is 0.259 e. The van der Waals surface area contributed by atoms with Gasteiger partial charge < -0.3 is 15.6 Å². The Morgan fingerprint density at radius 1 is 1.40 bits per heavy atom. The molecule has 3 N–H and O–H groups in total. The van der Waals surface area contributed by atoms with Crippen LogP contribution in [0.25, 0.3) is 11.1 Å². The predicted molar refractivity (Wildman–Crippen MR) is 97.6 cm³/mol. The third-order valence-corrected chi connectivity index (χ3v) is 5.38. The fourth-order valence-corrected chi connectivity index (χ4v) is 2.91. The van der Waals surface area contributed by atoms with Crippen LogP contribution in [0.1, 0.15) is 81.0 Å². The maximum absolute atomic E-state index is 13.1. The standard InChI is InChI=1S/C19H28N4O2/c1-10(2)16-15-13(17(24)22-19(5,9-20)11(3)4)8-14(12-6-7-12)21-18(15)25-23-16/h8,10-12H,6-7,9,20H2,1-5H3,(H,22,24). The molecule has 0 bridgehead atoms. The monoisotopic (exact) mass is 344 g/mol. The molecule has 0 aromatic carbocycles. The predicted octanol–water partition coefficient (Wildman–Crippen LogP) is 3.33. The number of hydrogen-bond acceptors (Lipinski definition) is 5. The highest BCUT2D eigenvalue weighted by molar-refractivity contribution is 6.06. The van der Waals surface area contributed by atoms with Crippen molar-refractivity contribution >= 4 is 17.0 Å². The zero-order valence-electron chi connectivity index (χ0n) is 15.7. The first kappa shape index (κ1) is 17.9. The summed E-state index contributed by atoms with van der Waals surface area (Å²) in [5, 5.41) is 8.02. The molecule has 136 valence electrons. The van der Waals surface area contributed by atoms with Crippen molar-refractivity contribution in [1.82, 2.24) is 15.5 Å². The second-order valence-electron chi connectivity index (χ2n) is 8.00. The first-order chi connectivity index (χ1) is 11.8. The summed E-state index contributed by atoms with van der Waals surface area (Å²) in [6, 6.07) is 1.91. The minimum Gasteiger partial charge on any atom is -0.345 e. The summed E-state index contributed by atoms with van der Waals surface area (Å²) in [6.07, 6.45) is 2.22. The van der Waals surface area contributed by atoms with E-state index in [1.54, 1.807) is 0 Å². The zero-order chi connectivity index (χ0) is 18.4. The van der Waals surface area contributed by atoms with Gasteiger partial charge in [0.25, 0.3) is 11.6 Å². The molecular weight excluding hydrogens is 316 g/mol. The van der Waals surface area contributed by atoms with Gasteiger partial charge in [-0.2, -0.15) is 0 Å². The fraction of sp³-hybridized carbons (Fsp3) is 0.632. The van der Waals surface area contributed by atoms with E-state index in [0.29, 0.717) is 23.7 Å². The highest BCUT2D eigenvalue weighted by Gasteiger charge is 2.33. The molecule has 1 atom stereocenters. The molecule has 1 saturated carbocycles. The number of aromatic nitrogens is 2. The Morgan fingerprint density at radius 3 is 2.60 bits per heavy atom. The van der Waals surface area contributed by atoms with Crippen molar-refractivity contribution in [3.8, 4) is 0 Å². The average Bonchev–Trinajstić information content (AvgIpc) is 3.32. The number of nitrogens with two attached hydrogens (primary N) is 1. The molecule has 3 rings (SSSR count). The number of hydrogen-bond donors (Lipinski definition) is 2. The lowest BCUT2D eigenvalue weighted by molar-refractivity contribution is 0.0884. The molecule has 2 heterocycles. The summed E-state index contributed by atoms with van der Waals surface area (Å²) in [5.41, 5.74) is 8.21. The largest absolute Gasteiger partial charge is 0.345 e. The lowest BCUT2D eigenvalue weighted by Gasteiger charge is -2.33. The smallest absolute Gasteiger partial charge is 0.259 e. The second kappa shape index (κ2) is 6.41. The van der Waals surface area contributed by atoms with Gasteiger partial charge in [0.2, 0.25) is 0 Å². The quantitative estimate of drug-likeness (QED) is 0.838. The molecule has 6 nitrogen and oxygen atoms in total. The summed E-state index contributed by atoms with van der Waals surface area (Å²) in [7, 11) is 0. The Hall–Kier alpha value is -1.95. The Labute approximate surface area is 148 Å². The highest BCUT2D eigenvalue weighted by atomic mass is 16.5. The Kier molecular flexibility index (Phi) is 4.58. The van der Waals surface area contributed by atoms with Crippen molar-refractivity contribution in [3.05, 3.63) is 23.0 Å². The van der Waals surface area contributed by atoms with E-state index in [2.05, 4.69) is 29.3 Å². The van der Waals surface area contributed by atoms with Crippen LogP contribution in [0.15, 0.2) is 10.6 Å². The summed E-state index contributed by atoms with van der Waals surface area (Å²) in [5.74, 6) is 0.650. The van der Waals surface area contributed by atoms with Crippen LogP contribution in [0.5, 0.6) is 0 Å². The second-order valence-corrected chi connectivity index (χ2v) is 8.00. The molecule has 2 aromatic heterocycles. The van der Waals surface area contributed by atoms with Crippen LogP contribution in [-0.4, -0.2) is 28.1 Å². The minimum absolute atomic E-state index is 0.138. The van der Waals surface area contributed by atoms with Crippen molar-refractivity contribution in [1.29, 1.82) is 0 Å². The number of fused-ring (bicyclic) bond motifs is 1. The fourth-order valence-electron chi connectivity index (χ4n) is 2.91. The number of carbonyl (C=O) groups is 1. The molecule has 0 saturated heterocycles. The van der Waals surface area contributed by atoms with Gasteiger partial charge in [-0.25, -0.2) is 4.98 Å². The van der Waals surface area contributed by atoms with Crippen LogP contribution >= 0.6 is 0 Å². The molecule has 6 heteroatoms. The van der Waals surface area contributed by atoms with Gasteiger partial charge in [-0.15, -0.1) is 0 Å². The first-order valence-electron chi connectivity index (χ1n) is 9.09. The molecule has 1 aliphatic rings. The molecule has 0 aliphatic heterocycles. The third-order valence-electron chi connectivity index (χ3n) is 5.38. The van der Waals surface area contributed by atoms with E-state index in [1.165, 1.54) is 0 Å². The lowest BCUT2D eigenvalue weighted by Crippen LogP contribution is -2.55. The molecule has 1 fully saturated rings. The summed E-state index contributed by atoms with van der Waals surface area (Å²) in [4.78, 5) is 17.7. The Morgan fingerprint density at radius 2 is 2.08 bits per heavy atom. The normalized spacial score (nSPS) is 17.3. The van der Waals surface area contributed by atoms with Gasteiger partial charge >= 0.3 is 0 Å². The van der Waals surface area contributed by atoms with E-state index in [9.17, 15) is 4.79 Å². The van der Waals surface area contributed by atoms with Crippen LogP contribution in [-0.2, 0) is 0 Å². The molecule has 25 heavy (non-hydrogen) atoms. The van der Waals surface area contributed by atoms with Gasteiger partial charge in [0.05, 0.1) is 22.2 Å². The Balaban J connectivity index is 2.09. The van der Waals surface area contributed by atoms with Gasteiger partial charge in [-0.05, 0) is 37.7 Å². The van der Waals surface area contributed by atoms with E-state index >= 15 is 0 Å². The first-order valence-corrected chi connectivity index (χ1v) is 9.09. The highest BCUT2D eigenvalue weighted by Crippen LogP contribution is 2.41. The number of rotatable bonds is 6. The van der Waals surface area contributed by atoms with Crippen molar-refractivity contribution in [2.75, 3.05) is 6.54 Å². The van der Waals surface area contributed by atoms with Gasteiger partial charge in [0.1, 0.15) is 0 Å². The molecule has 1 amide bonds. The summed E-state index contributed by atoms with van der Waals surface area (Å²) < 4.78 is 5.46. The van der Waals surface area contributed by atoms with Gasteiger partial charge in [-0.3, -0.25) is 4.79 Å². The van der Waals surface area contributed by atoms with Crippen LogP contribution in [0.4, 0.5) is 0 Å². The number of amides is 1. The van der Waals surface area contributed by atoms with Gasteiger partial charge in [0.15, 0.2) is 0 Å². The average molecular weight is 344 g/mol.